The lowest BCUT2D eigenvalue weighted by atomic mass is 9.96. The fourth-order valence-corrected chi connectivity index (χ4v) is 4.36. The number of rotatable bonds is 3. The molecule has 0 radical (unpaired) electrons. The summed E-state index contributed by atoms with van der Waals surface area (Å²) in [5, 5.41) is 0. The van der Waals surface area contributed by atoms with Crippen molar-refractivity contribution < 1.29 is 12.8 Å². The van der Waals surface area contributed by atoms with Gasteiger partial charge in [0.15, 0.2) is 0 Å². The molecule has 1 aliphatic rings. The summed E-state index contributed by atoms with van der Waals surface area (Å²) >= 11 is 0. The third kappa shape index (κ3) is 2.67. The molecule has 1 aromatic rings. The van der Waals surface area contributed by atoms with Crippen LogP contribution in [0.25, 0.3) is 0 Å². The van der Waals surface area contributed by atoms with Crippen LogP contribution in [-0.2, 0) is 10.0 Å². The van der Waals surface area contributed by atoms with Crippen molar-refractivity contribution in [2.24, 2.45) is 11.8 Å². The second-order valence-electron chi connectivity index (χ2n) is 5.80. The number of nitrogen functional groups attached to an aromatic ring is 1. The minimum absolute atomic E-state index is 0.112. The van der Waals surface area contributed by atoms with Crippen molar-refractivity contribution in [1.29, 1.82) is 0 Å². The molecule has 1 fully saturated rings. The van der Waals surface area contributed by atoms with Crippen LogP contribution in [0.1, 0.15) is 25.8 Å². The van der Waals surface area contributed by atoms with Crippen molar-refractivity contribution in [2.45, 2.75) is 32.1 Å². The first-order valence-electron chi connectivity index (χ1n) is 6.79. The van der Waals surface area contributed by atoms with Gasteiger partial charge in [0, 0.05) is 13.1 Å². The average Bonchev–Trinajstić information content (AvgIpc) is 2.83. The topological polar surface area (TPSA) is 63.4 Å². The molecular formula is C14H21FN2O2S. The molecule has 0 aliphatic carbocycles. The van der Waals surface area contributed by atoms with Gasteiger partial charge >= 0.3 is 0 Å². The lowest BCUT2D eigenvalue weighted by Gasteiger charge is -2.19. The Bertz CT molecular complexity index is 614. The van der Waals surface area contributed by atoms with E-state index in [1.807, 2.05) is 0 Å². The van der Waals surface area contributed by atoms with Crippen molar-refractivity contribution in [1.82, 2.24) is 4.31 Å². The smallest absolute Gasteiger partial charge is 0.243 e. The molecule has 1 atom stereocenters. The molecule has 1 saturated heterocycles. The van der Waals surface area contributed by atoms with Crippen molar-refractivity contribution in [3.63, 3.8) is 0 Å². The first-order chi connectivity index (χ1) is 9.23. The van der Waals surface area contributed by atoms with Crippen molar-refractivity contribution in [3.8, 4) is 0 Å². The van der Waals surface area contributed by atoms with Gasteiger partial charge in [-0.3, -0.25) is 0 Å². The van der Waals surface area contributed by atoms with Gasteiger partial charge in [-0.1, -0.05) is 13.8 Å². The SMILES string of the molecule is Cc1cc(F)c(N)cc1S(=O)(=O)N1CCC(C(C)C)C1. The maximum absolute atomic E-state index is 13.4. The van der Waals surface area contributed by atoms with E-state index in [0.717, 1.165) is 6.42 Å². The number of sulfonamides is 1. The van der Waals surface area contributed by atoms with Gasteiger partial charge < -0.3 is 5.73 Å². The molecule has 0 saturated carbocycles. The normalized spacial score (nSPS) is 20.8. The van der Waals surface area contributed by atoms with Crippen LogP contribution < -0.4 is 5.73 Å². The van der Waals surface area contributed by atoms with Crippen LogP contribution in [0, 0.1) is 24.6 Å². The zero-order valence-corrected chi connectivity index (χ0v) is 12.9. The summed E-state index contributed by atoms with van der Waals surface area (Å²) in [6.45, 7) is 6.83. The van der Waals surface area contributed by atoms with E-state index >= 15 is 0 Å². The summed E-state index contributed by atoms with van der Waals surface area (Å²) in [6.07, 6.45) is 0.868. The van der Waals surface area contributed by atoms with Crippen LogP contribution in [0.15, 0.2) is 17.0 Å². The molecule has 2 rings (SSSR count). The molecule has 2 N–H and O–H groups in total. The maximum Gasteiger partial charge on any atom is 0.243 e. The Hall–Kier alpha value is -1.14. The van der Waals surface area contributed by atoms with E-state index in [1.165, 1.54) is 16.4 Å². The molecule has 0 spiro atoms. The summed E-state index contributed by atoms with van der Waals surface area (Å²) < 4.78 is 40.1. The predicted octanol–water partition coefficient (Wildman–Crippen LogP) is 2.38. The molecule has 1 unspecified atom stereocenters. The monoisotopic (exact) mass is 300 g/mol. The van der Waals surface area contributed by atoms with Crippen LogP contribution in [0.3, 0.4) is 0 Å². The average molecular weight is 300 g/mol. The van der Waals surface area contributed by atoms with Gasteiger partial charge in [0.1, 0.15) is 5.82 Å². The molecule has 6 heteroatoms. The van der Waals surface area contributed by atoms with E-state index in [2.05, 4.69) is 13.8 Å². The van der Waals surface area contributed by atoms with E-state index in [-0.39, 0.29) is 10.6 Å². The zero-order valence-electron chi connectivity index (χ0n) is 12.1. The first kappa shape index (κ1) is 15.3. The minimum atomic E-state index is -3.59. The van der Waals surface area contributed by atoms with Gasteiger partial charge in [-0.25, -0.2) is 12.8 Å². The standard InChI is InChI=1S/C14H21FN2O2S/c1-9(2)11-4-5-17(8-11)20(18,19)14-7-13(16)12(15)6-10(14)3/h6-7,9,11H,4-5,8,16H2,1-3H3. The quantitative estimate of drug-likeness (QED) is 0.872. The van der Waals surface area contributed by atoms with Gasteiger partial charge in [-0.05, 0) is 42.9 Å². The van der Waals surface area contributed by atoms with Gasteiger partial charge in [-0.15, -0.1) is 0 Å². The van der Waals surface area contributed by atoms with E-state index in [9.17, 15) is 12.8 Å². The van der Waals surface area contributed by atoms with Crippen LogP contribution in [-0.4, -0.2) is 25.8 Å². The van der Waals surface area contributed by atoms with Gasteiger partial charge in [-0.2, -0.15) is 4.31 Å². The van der Waals surface area contributed by atoms with E-state index in [4.69, 9.17) is 5.73 Å². The highest BCUT2D eigenvalue weighted by Gasteiger charge is 2.34. The van der Waals surface area contributed by atoms with E-state index < -0.39 is 15.8 Å². The highest BCUT2D eigenvalue weighted by molar-refractivity contribution is 7.89. The third-order valence-electron chi connectivity index (χ3n) is 4.04. The highest BCUT2D eigenvalue weighted by Crippen LogP contribution is 2.31. The lowest BCUT2D eigenvalue weighted by molar-refractivity contribution is 0.388. The van der Waals surface area contributed by atoms with Gasteiger partial charge in [0.25, 0.3) is 0 Å². The first-order valence-corrected chi connectivity index (χ1v) is 8.23. The van der Waals surface area contributed by atoms with Crippen LogP contribution in [0.4, 0.5) is 10.1 Å². The molecular weight excluding hydrogens is 279 g/mol. The van der Waals surface area contributed by atoms with E-state index in [0.29, 0.717) is 30.5 Å². The number of hydrogen-bond donors (Lipinski definition) is 1. The van der Waals surface area contributed by atoms with Crippen LogP contribution in [0.5, 0.6) is 0 Å². The molecule has 4 nitrogen and oxygen atoms in total. The Morgan fingerprint density at radius 3 is 2.60 bits per heavy atom. The second-order valence-corrected chi connectivity index (χ2v) is 7.70. The summed E-state index contributed by atoms with van der Waals surface area (Å²) in [4.78, 5) is 0.112. The van der Waals surface area contributed by atoms with Crippen molar-refractivity contribution in [2.75, 3.05) is 18.8 Å². The number of nitrogens with two attached hydrogens (primary N) is 1. The fourth-order valence-electron chi connectivity index (χ4n) is 2.60. The second kappa shape index (κ2) is 5.33. The molecule has 20 heavy (non-hydrogen) atoms. The van der Waals surface area contributed by atoms with Gasteiger partial charge in [0.05, 0.1) is 10.6 Å². The maximum atomic E-state index is 13.4. The summed E-state index contributed by atoms with van der Waals surface area (Å²) in [5.41, 5.74) is 5.76. The molecule has 1 aromatic carbocycles. The largest absolute Gasteiger partial charge is 0.396 e. The summed E-state index contributed by atoms with van der Waals surface area (Å²) in [6, 6.07) is 2.40. The molecule has 1 aliphatic heterocycles. The number of halogens is 1. The van der Waals surface area contributed by atoms with Crippen LogP contribution in [0.2, 0.25) is 0 Å². The zero-order chi connectivity index (χ0) is 15.1. The molecule has 0 aromatic heterocycles. The fraction of sp³-hybridized carbons (Fsp3) is 0.571. The Morgan fingerprint density at radius 1 is 1.40 bits per heavy atom. The molecule has 0 amide bonds. The minimum Gasteiger partial charge on any atom is -0.396 e. The number of hydrogen-bond acceptors (Lipinski definition) is 3. The Kier molecular flexibility index (Phi) is 4.07. The molecule has 112 valence electrons. The molecule has 1 heterocycles. The highest BCUT2D eigenvalue weighted by atomic mass is 32.2. The number of aryl methyl sites for hydroxylation is 1. The lowest BCUT2D eigenvalue weighted by Crippen LogP contribution is -2.30. The molecule has 0 bridgehead atoms. The predicted molar refractivity (Wildman–Crippen MR) is 77.3 cm³/mol. The third-order valence-corrected chi connectivity index (χ3v) is 6.05. The number of anilines is 1. The summed E-state index contributed by atoms with van der Waals surface area (Å²) in [7, 11) is -3.59. The Labute approximate surface area is 119 Å². The van der Waals surface area contributed by atoms with Crippen molar-refractivity contribution >= 4 is 15.7 Å². The summed E-state index contributed by atoms with van der Waals surface area (Å²) in [5.74, 6) is 0.250. The number of benzene rings is 1. The van der Waals surface area contributed by atoms with Crippen LogP contribution >= 0.6 is 0 Å². The number of nitrogens with zero attached hydrogens (tertiary/aromatic N) is 1. The Morgan fingerprint density at radius 2 is 2.05 bits per heavy atom. The van der Waals surface area contributed by atoms with E-state index in [1.54, 1.807) is 6.92 Å². The van der Waals surface area contributed by atoms with Crippen molar-refractivity contribution in [3.05, 3.63) is 23.5 Å². The van der Waals surface area contributed by atoms with Gasteiger partial charge in [0.2, 0.25) is 10.0 Å². The Balaban J connectivity index is 2.35.